The van der Waals surface area contributed by atoms with Crippen molar-refractivity contribution in [1.82, 2.24) is 15.1 Å². The first-order valence-corrected chi connectivity index (χ1v) is 10.7. The van der Waals surface area contributed by atoms with Crippen LogP contribution in [0.15, 0.2) is 48.5 Å². The summed E-state index contributed by atoms with van der Waals surface area (Å²) in [5, 5.41) is 2.74. The molecule has 0 atom stereocenters. The molecule has 1 saturated heterocycles. The van der Waals surface area contributed by atoms with Crippen molar-refractivity contribution in [2.75, 3.05) is 46.4 Å². The Bertz CT molecular complexity index is 869. The molecule has 31 heavy (non-hydrogen) atoms. The van der Waals surface area contributed by atoms with Crippen LogP contribution in [0.5, 0.6) is 11.5 Å². The third-order valence-electron chi connectivity index (χ3n) is 5.34. The number of amides is 2. The fourth-order valence-corrected chi connectivity index (χ4v) is 3.67. The van der Waals surface area contributed by atoms with Gasteiger partial charge in [-0.15, -0.1) is 0 Å². The third kappa shape index (κ3) is 6.46. The molecule has 0 radical (unpaired) electrons. The van der Waals surface area contributed by atoms with Gasteiger partial charge in [-0.1, -0.05) is 24.3 Å². The number of carbonyl (C=O) groups excluding carboxylic acids is 2. The maximum atomic E-state index is 12.7. The third-order valence-corrected chi connectivity index (χ3v) is 5.34. The van der Waals surface area contributed by atoms with Crippen LogP contribution < -0.4 is 14.8 Å². The second-order valence-corrected chi connectivity index (χ2v) is 7.47. The van der Waals surface area contributed by atoms with Gasteiger partial charge in [0.05, 0.1) is 25.8 Å². The van der Waals surface area contributed by atoms with Gasteiger partial charge in [0.25, 0.3) is 5.91 Å². The van der Waals surface area contributed by atoms with E-state index in [1.807, 2.05) is 30.0 Å². The lowest BCUT2D eigenvalue weighted by Gasteiger charge is -2.22. The van der Waals surface area contributed by atoms with E-state index in [0.717, 1.165) is 31.8 Å². The Labute approximate surface area is 183 Å². The number of benzene rings is 2. The number of methoxy groups -OCH3 is 1. The number of carbonyl (C=O) groups is 2. The van der Waals surface area contributed by atoms with E-state index in [1.165, 1.54) is 5.56 Å². The first kappa shape index (κ1) is 22.6. The molecular weight excluding hydrogens is 394 g/mol. The minimum Gasteiger partial charge on any atom is -0.497 e. The van der Waals surface area contributed by atoms with Crippen LogP contribution in [-0.4, -0.2) is 68.1 Å². The Balaban J connectivity index is 1.48. The van der Waals surface area contributed by atoms with Gasteiger partial charge in [-0.2, -0.15) is 0 Å². The number of rotatable bonds is 8. The zero-order valence-corrected chi connectivity index (χ0v) is 18.3. The summed E-state index contributed by atoms with van der Waals surface area (Å²) in [4.78, 5) is 29.4. The summed E-state index contributed by atoms with van der Waals surface area (Å²) < 4.78 is 10.7. The van der Waals surface area contributed by atoms with Crippen molar-refractivity contribution in [2.24, 2.45) is 0 Å². The van der Waals surface area contributed by atoms with Crippen molar-refractivity contribution in [1.29, 1.82) is 0 Å². The molecule has 166 valence electrons. The van der Waals surface area contributed by atoms with Crippen LogP contribution in [0.3, 0.4) is 0 Å². The minimum atomic E-state index is -0.298. The molecule has 0 bridgehead atoms. The fraction of sp³-hybridized carbons (Fsp3) is 0.417. The SMILES string of the molecule is CCOc1ccccc1C(=O)NCC(=O)N1CCCN(Cc2ccc(OC)cc2)CC1. The second kappa shape index (κ2) is 11.4. The van der Waals surface area contributed by atoms with Crippen LogP contribution in [0.2, 0.25) is 0 Å². The van der Waals surface area contributed by atoms with Crippen molar-refractivity contribution in [3.63, 3.8) is 0 Å². The second-order valence-electron chi connectivity index (χ2n) is 7.47. The van der Waals surface area contributed by atoms with E-state index in [9.17, 15) is 9.59 Å². The molecule has 1 aliphatic heterocycles. The summed E-state index contributed by atoms with van der Waals surface area (Å²) >= 11 is 0. The molecule has 0 spiro atoms. The monoisotopic (exact) mass is 425 g/mol. The predicted octanol–water partition coefficient (Wildman–Crippen LogP) is 2.56. The van der Waals surface area contributed by atoms with Gasteiger partial charge in [-0.05, 0) is 43.2 Å². The molecule has 0 saturated carbocycles. The average Bonchev–Trinajstić information content (AvgIpc) is 3.04. The maximum Gasteiger partial charge on any atom is 0.255 e. The van der Waals surface area contributed by atoms with Crippen molar-refractivity contribution >= 4 is 11.8 Å². The normalized spacial score (nSPS) is 14.6. The van der Waals surface area contributed by atoms with E-state index in [-0.39, 0.29) is 18.4 Å². The van der Waals surface area contributed by atoms with Gasteiger partial charge in [0.1, 0.15) is 11.5 Å². The average molecular weight is 426 g/mol. The highest BCUT2D eigenvalue weighted by atomic mass is 16.5. The number of nitrogens with zero attached hydrogens (tertiary/aromatic N) is 2. The Morgan fingerprint density at radius 1 is 1.00 bits per heavy atom. The number of ether oxygens (including phenoxy) is 2. The Morgan fingerprint density at radius 3 is 2.52 bits per heavy atom. The quantitative estimate of drug-likeness (QED) is 0.704. The Morgan fingerprint density at radius 2 is 1.77 bits per heavy atom. The molecule has 1 heterocycles. The summed E-state index contributed by atoms with van der Waals surface area (Å²) in [5.41, 5.74) is 1.67. The summed E-state index contributed by atoms with van der Waals surface area (Å²) in [6, 6.07) is 15.1. The first-order valence-electron chi connectivity index (χ1n) is 10.7. The standard InChI is InChI=1S/C24H31N3O4/c1-3-31-22-8-5-4-7-21(22)24(29)25-17-23(28)27-14-6-13-26(15-16-27)18-19-9-11-20(30-2)12-10-19/h4-5,7-12H,3,6,13-18H2,1-2H3,(H,25,29). The van der Waals surface area contributed by atoms with Gasteiger partial charge in [0, 0.05) is 32.7 Å². The van der Waals surface area contributed by atoms with Crippen LogP contribution in [-0.2, 0) is 11.3 Å². The van der Waals surface area contributed by atoms with Gasteiger partial charge in [0.2, 0.25) is 5.91 Å². The lowest BCUT2D eigenvalue weighted by Crippen LogP contribution is -2.42. The van der Waals surface area contributed by atoms with E-state index in [1.54, 1.807) is 25.3 Å². The fourth-order valence-electron chi connectivity index (χ4n) is 3.67. The molecule has 1 aliphatic rings. The van der Waals surface area contributed by atoms with E-state index in [0.29, 0.717) is 31.0 Å². The summed E-state index contributed by atoms with van der Waals surface area (Å²) in [6.07, 6.45) is 0.906. The number of hydrogen-bond donors (Lipinski definition) is 1. The molecule has 2 amide bonds. The molecule has 7 nitrogen and oxygen atoms in total. The van der Waals surface area contributed by atoms with Crippen molar-refractivity contribution in [3.05, 3.63) is 59.7 Å². The summed E-state index contributed by atoms with van der Waals surface area (Å²) in [5.74, 6) is 1.02. The highest BCUT2D eigenvalue weighted by Gasteiger charge is 2.20. The van der Waals surface area contributed by atoms with Crippen LogP contribution in [0.4, 0.5) is 0 Å². The van der Waals surface area contributed by atoms with Gasteiger partial charge in [-0.25, -0.2) is 0 Å². The predicted molar refractivity (Wildman–Crippen MR) is 119 cm³/mol. The summed E-state index contributed by atoms with van der Waals surface area (Å²) in [6.45, 7) is 6.26. The number of para-hydroxylation sites is 1. The zero-order chi connectivity index (χ0) is 22.1. The topological polar surface area (TPSA) is 71.1 Å². The molecule has 3 rings (SSSR count). The molecule has 2 aromatic rings. The first-order chi connectivity index (χ1) is 15.1. The van der Waals surface area contributed by atoms with E-state index in [2.05, 4.69) is 22.3 Å². The van der Waals surface area contributed by atoms with Gasteiger partial charge in [0.15, 0.2) is 0 Å². The van der Waals surface area contributed by atoms with Crippen molar-refractivity contribution in [3.8, 4) is 11.5 Å². The molecule has 1 fully saturated rings. The van der Waals surface area contributed by atoms with Crippen LogP contribution in [0, 0.1) is 0 Å². The largest absolute Gasteiger partial charge is 0.497 e. The van der Waals surface area contributed by atoms with Crippen LogP contribution in [0.25, 0.3) is 0 Å². The lowest BCUT2D eigenvalue weighted by atomic mass is 10.2. The molecule has 0 aliphatic carbocycles. The van der Waals surface area contributed by atoms with E-state index < -0.39 is 0 Å². The molecule has 0 unspecified atom stereocenters. The molecular formula is C24H31N3O4. The Hall–Kier alpha value is -3.06. The van der Waals surface area contributed by atoms with Crippen molar-refractivity contribution in [2.45, 2.75) is 19.9 Å². The lowest BCUT2D eigenvalue weighted by molar-refractivity contribution is -0.130. The van der Waals surface area contributed by atoms with Gasteiger partial charge in [-0.3, -0.25) is 14.5 Å². The van der Waals surface area contributed by atoms with Crippen molar-refractivity contribution < 1.29 is 19.1 Å². The van der Waals surface area contributed by atoms with Crippen LogP contribution >= 0.6 is 0 Å². The molecule has 1 N–H and O–H groups in total. The molecule has 2 aromatic carbocycles. The van der Waals surface area contributed by atoms with E-state index >= 15 is 0 Å². The molecule has 7 heteroatoms. The van der Waals surface area contributed by atoms with E-state index in [4.69, 9.17) is 9.47 Å². The summed E-state index contributed by atoms with van der Waals surface area (Å²) in [7, 11) is 1.66. The van der Waals surface area contributed by atoms with Gasteiger partial charge < -0.3 is 19.7 Å². The zero-order valence-electron chi connectivity index (χ0n) is 18.3. The Kier molecular flexibility index (Phi) is 8.29. The van der Waals surface area contributed by atoms with Gasteiger partial charge >= 0.3 is 0 Å². The smallest absolute Gasteiger partial charge is 0.255 e. The number of hydrogen-bond acceptors (Lipinski definition) is 5. The van der Waals surface area contributed by atoms with Crippen LogP contribution in [0.1, 0.15) is 29.3 Å². The number of nitrogens with one attached hydrogen (secondary N) is 1. The highest BCUT2D eigenvalue weighted by Crippen LogP contribution is 2.18. The highest BCUT2D eigenvalue weighted by molar-refractivity contribution is 5.98. The molecule has 0 aromatic heterocycles. The minimum absolute atomic E-state index is 0.0161. The maximum absolute atomic E-state index is 12.7.